The molecular formula is C28H23N7O. The van der Waals surface area contributed by atoms with Crippen molar-refractivity contribution in [2.45, 2.75) is 19.3 Å². The maximum Gasteiger partial charge on any atom is 0.256 e. The molecule has 8 heteroatoms. The van der Waals surface area contributed by atoms with E-state index in [0.29, 0.717) is 22.6 Å². The molecule has 0 saturated carbocycles. The molecule has 0 aliphatic carbocycles. The number of amides is 1. The van der Waals surface area contributed by atoms with E-state index < -0.39 is 0 Å². The molecule has 7 rings (SSSR count). The minimum absolute atomic E-state index is 0.0419. The number of hydrogen-bond donors (Lipinski definition) is 2. The third-order valence-electron chi connectivity index (χ3n) is 7.01. The number of pyridine rings is 2. The van der Waals surface area contributed by atoms with Crippen LogP contribution >= 0.6 is 0 Å². The number of carbonyl (C=O) groups is 1. The van der Waals surface area contributed by atoms with Gasteiger partial charge in [0, 0.05) is 48.2 Å². The summed E-state index contributed by atoms with van der Waals surface area (Å²) in [6.07, 6.45) is 8.84. The van der Waals surface area contributed by atoms with Gasteiger partial charge in [-0.1, -0.05) is 30.3 Å². The summed E-state index contributed by atoms with van der Waals surface area (Å²) in [6, 6.07) is 16.0. The fourth-order valence-electron chi connectivity index (χ4n) is 5.16. The summed E-state index contributed by atoms with van der Waals surface area (Å²) in [5.41, 5.74) is 5.42. The van der Waals surface area contributed by atoms with Crippen molar-refractivity contribution in [1.29, 1.82) is 0 Å². The Balaban J connectivity index is 1.34. The van der Waals surface area contributed by atoms with Crippen LogP contribution in [0.4, 0.5) is 0 Å². The summed E-state index contributed by atoms with van der Waals surface area (Å²) in [7, 11) is 0. The lowest BCUT2D eigenvalue weighted by Gasteiger charge is -2.26. The Hall–Kier alpha value is -4.59. The largest absolute Gasteiger partial charge is 0.339 e. The molecule has 2 aromatic carbocycles. The van der Waals surface area contributed by atoms with E-state index in [1.165, 1.54) is 6.42 Å². The number of piperidine rings is 1. The molecule has 0 unspecified atom stereocenters. The second kappa shape index (κ2) is 8.27. The van der Waals surface area contributed by atoms with E-state index >= 15 is 0 Å². The number of rotatable bonds is 3. The van der Waals surface area contributed by atoms with Gasteiger partial charge in [-0.05, 0) is 42.8 Å². The van der Waals surface area contributed by atoms with Crippen LogP contribution in [0.2, 0.25) is 0 Å². The van der Waals surface area contributed by atoms with Gasteiger partial charge in [0.25, 0.3) is 5.91 Å². The minimum atomic E-state index is 0.0419. The monoisotopic (exact) mass is 473 g/mol. The van der Waals surface area contributed by atoms with Gasteiger partial charge in [-0.3, -0.25) is 14.9 Å². The Morgan fingerprint density at radius 2 is 1.81 bits per heavy atom. The molecule has 0 atom stereocenters. The third-order valence-corrected chi connectivity index (χ3v) is 7.01. The zero-order valence-corrected chi connectivity index (χ0v) is 19.5. The van der Waals surface area contributed by atoms with E-state index in [1.807, 2.05) is 53.8 Å². The molecule has 1 aliphatic heterocycles. The summed E-state index contributed by atoms with van der Waals surface area (Å²) in [5, 5.41) is 10.5. The van der Waals surface area contributed by atoms with Gasteiger partial charge in [0.1, 0.15) is 11.2 Å². The second-order valence-electron chi connectivity index (χ2n) is 9.24. The van der Waals surface area contributed by atoms with Gasteiger partial charge in [0.2, 0.25) is 0 Å². The minimum Gasteiger partial charge on any atom is -0.339 e. The molecule has 0 spiro atoms. The molecule has 1 saturated heterocycles. The molecule has 2 N–H and O–H groups in total. The summed E-state index contributed by atoms with van der Waals surface area (Å²) < 4.78 is 0. The van der Waals surface area contributed by atoms with Crippen LogP contribution in [-0.2, 0) is 0 Å². The van der Waals surface area contributed by atoms with Crippen LogP contribution < -0.4 is 0 Å². The molecule has 0 bridgehead atoms. The first-order valence-corrected chi connectivity index (χ1v) is 12.2. The highest BCUT2D eigenvalue weighted by molar-refractivity contribution is 6.06. The van der Waals surface area contributed by atoms with Crippen LogP contribution in [0.15, 0.2) is 67.1 Å². The number of aromatic amines is 2. The lowest BCUT2D eigenvalue weighted by atomic mass is 10.0. The Labute approximate surface area is 206 Å². The van der Waals surface area contributed by atoms with Gasteiger partial charge in [-0.2, -0.15) is 5.10 Å². The third kappa shape index (κ3) is 3.33. The number of likely N-dealkylation sites (tertiary alicyclic amines) is 1. The van der Waals surface area contributed by atoms with Crippen molar-refractivity contribution in [1.82, 2.24) is 35.0 Å². The Morgan fingerprint density at radius 3 is 2.72 bits per heavy atom. The van der Waals surface area contributed by atoms with E-state index in [-0.39, 0.29) is 5.91 Å². The second-order valence-corrected chi connectivity index (χ2v) is 9.24. The average molecular weight is 474 g/mol. The molecule has 5 heterocycles. The first-order chi connectivity index (χ1) is 17.8. The molecule has 0 radical (unpaired) electrons. The van der Waals surface area contributed by atoms with Crippen molar-refractivity contribution >= 4 is 38.7 Å². The first kappa shape index (κ1) is 20.8. The number of benzene rings is 2. The van der Waals surface area contributed by atoms with Gasteiger partial charge in [-0.15, -0.1) is 0 Å². The van der Waals surface area contributed by atoms with Gasteiger partial charge in [-0.25, -0.2) is 9.97 Å². The van der Waals surface area contributed by atoms with Crippen LogP contribution in [-0.4, -0.2) is 54.0 Å². The lowest BCUT2D eigenvalue weighted by molar-refractivity contribution is 0.0726. The van der Waals surface area contributed by atoms with Gasteiger partial charge < -0.3 is 9.88 Å². The van der Waals surface area contributed by atoms with Crippen LogP contribution in [0.5, 0.6) is 0 Å². The van der Waals surface area contributed by atoms with Crippen molar-refractivity contribution in [3.63, 3.8) is 0 Å². The quantitative estimate of drug-likeness (QED) is 0.361. The zero-order chi connectivity index (χ0) is 24.1. The van der Waals surface area contributed by atoms with Crippen molar-refractivity contribution in [3.8, 4) is 22.6 Å². The summed E-state index contributed by atoms with van der Waals surface area (Å²) in [6.45, 7) is 1.60. The van der Waals surface area contributed by atoms with Gasteiger partial charge >= 0.3 is 0 Å². The molecule has 36 heavy (non-hydrogen) atoms. The molecule has 1 aliphatic rings. The number of hydrogen-bond acceptors (Lipinski definition) is 5. The Morgan fingerprint density at radius 1 is 0.917 bits per heavy atom. The van der Waals surface area contributed by atoms with Crippen molar-refractivity contribution in [2.75, 3.05) is 13.1 Å². The molecule has 176 valence electrons. The maximum atomic E-state index is 13.3. The number of fused-ring (bicyclic) bond motifs is 3. The van der Waals surface area contributed by atoms with E-state index in [9.17, 15) is 4.79 Å². The van der Waals surface area contributed by atoms with Gasteiger partial charge in [0.15, 0.2) is 11.5 Å². The smallest absolute Gasteiger partial charge is 0.256 e. The number of carbonyl (C=O) groups excluding carboxylic acids is 1. The maximum absolute atomic E-state index is 13.3. The molecule has 8 nitrogen and oxygen atoms in total. The predicted molar refractivity (Wildman–Crippen MR) is 139 cm³/mol. The molecule has 1 fully saturated rings. The molecular weight excluding hydrogens is 450 g/mol. The average Bonchev–Trinajstić information content (AvgIpc) is 3.56. The van der Waals surface area contributed by atoms with Gasteiger partial charge in [0.05, 0.1) is 16.5 Å². The van der Waals surface area contributed by atoms with Crippen LogP contribution in [0.25, 0.3) is 55.5 Å². The number of H-pyrrole nitrogens is 2. The van der Waals surface area contributed by atoms with Crippen LogP contribution in [0.1, 0.15) is 29.6 Å². The van der Waals surface area contributed by atoms with E-state index in [4.69, 9.17) is 4.98 Å². The van der Waals surface area contributed by atoms with E-state index in [1.54, 1.807) is 0 Å². The van der Waals surface area contributed by atoms with Crippen molar-refractivity contribution in [2.24, 2.45) is 0 Å². The number of imidazole rings is 1. The molecule has 1 amide bonds. The normalized spacial score (nSPS) is 14.2. The van der Waals surface area contributed by atoms with E-state index in [0.717, 1.165) is 64.4 Å². The first-order valence-electron chi connectivity index (χ1n) is 12.2. The van der Waals surface area contributed by atoms with Crippen molar-refractivity contribution < 1.29 is 4.79 Å². The number of nitrogens with one attached hydrogen (secondary N) is 2. The Kier molecular flexibility index (Phi) is 4.77. The van der Waals surface area contributed by atoms with E-state index in [2.05, 4.69) is 43.3 Å². The number of aromatic nitrogens is 6. The molecule has 4 aromatic heterocycles. The lowest BCUT2D eigenvalue weighted by Crippen LogP contribution is -2.35. The number of para-hydroxylation sites is 1. The fraction of sp³-hybridized carbons (Fsp3) is 0.179. The highest BCUT2D eigenvalue weighted by Crippen LogP contribution is 2.32. The van der Waals surface area contributed by atoms with Crippen LogP contribution in [0, 0.1) is 0 Å². The summed E-state index contributed by atoms with van der Waals surface area (Å²) in [4.78, 5) is 32.5. The predicted octanol–water partition coefficient (Wildman–Crippen LogP) is 5.34. The summed E-state index contributed by atoms with van der Waals surface area (Å²) in [5.74, 6) is 0.668. The standard InChI is InChI=1S/C28H23N7O/c36-28(35-11-4-1-5-12-35)20-9-6-10-23-24(20)32-27(31-23)25-21-13-18(15-30-26(21)34-33-25)22-16-29-14-17-7-2-3-8-19(17)22/h2-3,6-10,13-16H,1,4-5,11-12H2,(H,31,32)(H,30,33,34). The van der Waals surface area contributed by atoms with Crippen LogP contribution in [0.3, 0.4) is 0 Å². The zero-order valence-electron chi connectivity index (χ0n) is 19.5. The number of nitrogens with zero attached hydrogens (tertiary/aromatic N) is 5. The topological polar surface area (TPSA) is 103 Å². The fourth-order valence-corrected chi connectivity index (χ4v) is 5.16. The summed E-state index contributed by atoms with van der Waals surface area (Å²) >= 11 is 0. The SMILES string of the molecule is O=C(c1cccc2[nH]c(-c3[nH]nc4ncc(-c5cncc6ccccc56)cc34)nc12)N1CCCCC1. The van der Waals surface area contributed by atoms with Crippen molar-refractivity contribution in [3.05, 3.63) is 72.7 Å². The Bertz CT molecular complexity index is 1760. The molecule has 6 aromatic rings. The highest BCUT2D eigenvalue weighted by atomic mass is 16.2. The highest BCUT2D eigenvalue weighted by Gasteiger charge is 2.22.